The van der Waals surface area contributed by atoms with Gasteiger partial charge in [0.25, 0.3) is 5.91 Å². The Morgan fingerprint density at radius 2 is 1.60 bits per heavy atom. The van der Waals surface area contributed by atoms with E-state index in [0.29, 0.717) is 5.69 Å². The Labute approximate surface area is 172 Å². The van der Waals surface area contributed by atoms with Crippen LogP contribution in [0.2, 0.25) is 0 Å². The topological polar surface area (TPSA) is 104 Å². The van der Waals surface area contributed by atoms with Gasteiger partial charge in [-0.25, -0.2) is 9.69 Å². The highest BCUT2D eigenvalue weighted by Crippen LogP contribution is 2.53. The first-order valence-corrected chi connectivity index (χ1v) is 9.75. The molecule has 7 nitrogen and oxygen atoms in total. The van der Waals surface area contributed by atoms with Crippen LogP contribution in [-0.2, 0) is 9.59 Å². The van der Waals surface area contributed by atoms with Crippen LogP contribution in [0.4, 0.5) is 11.4 Å². The lowest BCUT2D eigenvalue weighted by atomic mass is 9.85. The number of para-hydroxylation sites is 1. The van der Waals surface area contributed by atoms with Crippen LogP contribution < -0.4 is 10.2 Å². The summed E-state index contributed by atoms with van der Waals surface area (Å²) in [6, 6.07) is 12.4. The van der Waals surface area contributed by atoms with Crippen LogP contribution in [0.25, 0.3) is 0 Å². The molecule has 2 aliphatic carbocycles. The first-order valence-electron chi connectivity index (χ1n) is 9.75. The summed E-state index contributed by atoms with van der Waals surface area (Å²) in [4.78, 5) is 51.2. The van der Waals surface area contributed by atoms with Crippen molar-refractivity contribution in [3.8, 4) is 0 Å². The Balaban J connectivity index is 1.42. The molecule has 0 aromatic heterocycles. The summed E-state index contributed by atoms with van der Waals surface area (Å²) in [7, 11) is 0. The number of amides is 3. The van der Waals surface area contributed by atoms with Gasteiger partial charge >= 0.3 is 5.97 Å². The maximum Gasteiger partial charge on any atom is 0.337 e. The van der Waals surface area contributed by atoms with Crippen molar-refractivity contribution in [1.29, 1.82) is 0 Å². The highest BCUT2D eigenvalue weighted by Gasteiger charge is 2.59. The van der Waals surface area contributed by atoms with Crippen molar-refractivity contribution in [3.05, 3.63) is 71.8 Å². The molecule has 2 bridgehead atoms. The molecule has 0 radical (unpaired) electrons. The predicted octanol–water partition coefficient (Wildman–Crippen LogP) is 2.95. The molecule has 0 unspecified atom stereocenters. The number of anilines is 2. The SMILES string of the molecule is O=C(Nc1ccccc1C(=O)O)c1cccc(N2C(=O)[C@@H]3[C@@H](C2=O)[C@H]2C=C[C@H]3C2)c1. The summed E-state index contributed by atoms with van der Waals surface area (Å²) < 4.78 is 0. The number of hydrogen-bond acceptors (Lipinski definition) is 4. The smallest absolute Gasteiger partial charge is 0.337 e. The molecule has 2 fully saturated rings. The maximum absolute atomic E-state index is 13.0. The number of carboxylic acids is 1. The lowest BCUT2D eigenvalue weighted by Crippen LogP contribution is -2.33. The highest BCUT2D eigenvalue weighted by molar-refractivity contribution is 6.23. The van der Waals surface area contributed by atoms with Crippen molar-refractivity contribution in [1.82, 2.24) is 0 Å². The van der Waals surface area contributed by atoms with Crippen LogP contribution >= 0.6 is 0 Å². The number of nitrogens with zero attached hydrogens (tertiary/aromatic N) is 1. The van der Waals surface area contributed by atoms with Crippen molar-refractivity contribution in [2.45, 2.75) is 6.42 Å². The van der Waals surface area contributed by atoms with Gasteiger partial charge in [0.1, 0.15) is 0 Å². The quantitative estimate of drug-likeness (QED) is 0.605. The third-order valence-electron chi connectivity index (χ3n) is 6.24. The van der Waals surface area contributed by atoms with Crippen LogP contribution in [-0.4, -0.2) is 28.8 Å². The summed E-state index contributed by atoms with van der Waals surface area (Å²) in [5, 5.41) is 11.9. The molecule has 1 heterocycles. The first-order chi connectivity index (χ1) is 14.5. The summed E-state index contributed by atoms with van der Waals surface area (Å²) in [5.41, 5.74) is 0.734. The molecule has 2 aromatic rings. The number of aromatic carboxylic acids is 1. The molecule has 4 atom stereocenters. The summed E-state index contributed by atoms with van der Waals surface area (Å²) >= 11 is 0. The largest absolute Gasteiger partial charge is 0.478 e. The van der Waals surface area contributed by atoms with E-state index >= 15 is 0 Å². The molecule has 1 saturated heterocycles. The zero-order valence-electron chi connectivity index (χ0n) is 15.8. The molecular weight excluding hydrogens is 384 g/mol. The third-order valence-corrected chi connectivity index (χ3v) is 6.24. The van der Waals surface area contributed by atoms with Gasteiger partial charge in [-0.1, -0.05) is 30.4 Å². The molecule has 30 heavy (non-hydrogen) atoms. The molecule has 5 rings (SSSR count). The molecule has 150 valence electrons. The predicted molar refractivity (Wildman–Crippen MR) is 108 cm³/mol. The minimum absolute atomic E-state index is 0.0253. The average Bonchev–Trinajstić information content (AvgIpc) is 3.42. The Morgan fingerprint density at radius 1 is 0.933 bits per heavy atom. The first kappa shape index (κ1) is 18.3. The number of carboxylic acid groups (broad SMARTS) is 1. The van der Waals surface area contributed by atoms with Crippen molar-refractivity contribution >= 4 is 35.1 Å². The minimum atomic E-state index is -1.15. The van der Waals surface area contributed by atoms with Gasteiger partial charge in [0.05, 0.1) is 28.8 Å². The number of imide groups is 1. The number of nitrogens with one attached hydrogen (secondary N) is 1. The Morgan fingerprint density at radius 3 is 2.27 bits per heavy atom. The van der Waals surface area contributed by atoms with E-state index in [4.69, 9.17) is 0 Å². The second-order valence-corrected chi connectivity index (χ2v) is 7.87. The van der Waals surface area contributed by atoms with Crippen LogP contribution in [0.15, 0.2) is 60.7 Å². The van der Waals surface area contributed by atoms with Gasteiger partial charge in [-0.05, 0) is 48.6 Å². The number of carbonyl (C=O) groups is 4. The van der Waals surface area contributed by atoms with Gasteiger partial charge < -0.3 is 10.4 Å². The number of benzene rings is 2. The van der Waals surface area contributed by atoms with E-state index in [2.05, 4.69) is 5.32 Å². The van der Waals surface area contributed by atoms with E-state index in [-0.39, 0.29) is 52.3 Å². The van der Waals surface area contributed by atoms with E-state index in [0.717, 1.165) is 6.42 Å². The monoisotopic (exact) mass is 402 g/mol. The fourth-order valence-corrected chi connectivity index (χ4v) is 4.92. The van der Waals surface area contributed by atoms with Gasteiger partial charge in [0.15, 0.2) is 0 Å². The molecular formula is C23H18N2O5. The number of fused-ring (bicyclic) bond motifs is 5. The van der Waals surface area contributed by atoms with Crippen LogP contribution in [0.5, 0.6) is 0 Å². The molecule has 2 aromatic carbocycles. The van der Waals surface area contributed by atoms with E-state index in [9.17, 15) is 24.3 Å². The molecule has 2 N–H and O–H groups in total. The zero-order valence-corrected chi connectivity index (χ0v) is 15.8. The molecule has 1 aliphatic heterocycles. The molecule has 7 heteroatoms. The maximum atomic E-state index is 13.0. The Hall–Kier alpha value is -3.74. The summed E-state index contributed by atoms with van der Waals surface area (Å²) in [6.07, 6.45) is 4.92. The van der Waals surface area contributed by atoms with Crippen LogP contribution in [0.3, 0.4) is 0 Å². The standard InChI is InChI=1S/C23H18N2O5/c26-20(24-17-7-2-1-6-16(17)23(29)30)14-4-3-5-15(11-14)25-21(27)18-12-8-9-13(10-12)19(18)22(25)28/h1-9,11-13,18-19H,10H2,(H,24,26)(H,29,30)/t12-,13-,18-,19-/m0/s1. The van der Waals surface area contributed by atoms with E-state index < -0.39 is 11.9 Å². The fraction of sp³-hybridized carbons (Fsp3) is 0.217. The van der Waals surface area contributed by atoms with Crippen LogP contribution in [0.1, 0.15) is 27.1 Å². The Kier molecular flexibility index (Phi) is 4.06. The number of hydrogen-bond donors (Lipinski definition) is 2. The minimum Gasteiger partial charge on any atom is -0.478 e. The second-order valence-electron chi connectivity index (χ2n) is 7.87. The molecule has 0 spiro atoms. The lowest BCUT2D eigenvalue weighted by Gasteiger charge is -2.18. The van der Waals surface area contributed by atoms with Gasteiger partial charge in [0.2, 0.25) is 11.8 Å². The lowest BCUT2D eigenvalue weighted by molar-refractivity contribution is -0.123. The third kappa shape index (κ3) is 2.66. The summed E-state index contributed by atoms with van der Waals surface area (Å²) in [6.45, 7) is 0. The van der Waals surface area contributed by atoms with Crippen molar-refractivity contribution in [2.75, 3.05) is 10.2 Å². The summed E-state index contributed by atoms with van der Waals surface area (Å²) in [5.74, 6) is -2.50. The van der Waals surface area contributed by atoms with Gasteiger partial charge in [-0.15, -0.1) is 0 Å². The van der Waals surface area contributed by atoms with Crippen LogP contribution in [0, 0.1) is 23.7 Å². The van der Waals surface area contributed by atoms with Crippen molar-refractivity contribution in [3.63, 3.8) is 0 Å². The number of rotatable bonds is 4. The van der Waals surface area contributed by atoms with Gasteiger partial charge in [-0.3, -0.25) is 14.4 Å². The van der Waals surface area contributed by atoms with Crippen molar-refractivity contribution < 1.29 is 24.3 Å². The van der Waals surface area contributed by atoms with Gasteiger partial charge in [0, 0.05) is 5.56 Å². The fourth-order valence-electron chi connectivity index (χ4n) is 4.92. The zero-order chi connectivity index (χ0) is 21.0. The molecule has 1 saturated carbocycles. The normalized spacial score (nSPS) is 26.2. The van der Waals surface area contributed by atoms with E-state index in [1.807, 2.05) is 12.2 Å². The van der Waals surface area contributed by atoms with E-state index in [1.54, 1.807) is 30.3 Å². The molecule has 3 amide bonds. The highest BCUT2D eigenvalue weighted by atomic mass is 16.4. The average molecular weight is 402 g/mol. The second kappa shape index (κ2) is 6.66. The van der Waals surface area contributed by atoms with Crippen molar-refractivity contribution in [2.24, 2.45) is 23.7 Å². The van der Waals surface area contributed by atoms with E-state index in [1.165, 1.54) is 23.1 Å². The van der Waals surface area contributed by atoms with Gasteiger partial charge in [-0.2, -0.15) is 0 Å². The number of allylic oxidation sites excluding steroid dienone is 2. The number of carbonyl (C=O) groups excluding carboxylic acids is 3. The molecule has 3 aliphatic rings. The Bertz CT molecular complexity index is 1110.